The van der Waals surface area contributed by atoms with Gasteiger partial charge in [-0.15, -0.1) is 0 Å². The van der Waals surface area contributed by atoms with Crippen LogP contribution >= 0.6 is 0 Å². The molecule has 0 saturated heterocycles. The molecular formula is C77H132O6. The van der Waals surface area contributed by atoms with Crippen LogP contribution in [0.2, 0.25) is 0 Å². The summed E-state index contributed by atoms with van der Waals surface area (Å²) in [6.07, 6.45) is 96.8. The summed E-state index contributed by atoms with van der Waals surface area (Å²) in [5, 5.41) is 0. The van der Waals surface area contributed by atoms with Crippen LogP contribution in [-0.4, -0.2) is 37.2 Å². The van der Waals surface area contributed by atoms with Crippen LogP contribution in [0.3, 0.4) is 0 Å². The maximum Gasteiger partial charge on any atom is 0.306 e. The highest BCUT2D eigenvalue weighted by Gasteiger charge is 2.19. The number of unbranched alkanes of at least 4 members (excludes halogenated alkanes) is 35. The topological polar surface area (TPSA) is 78.9 Å². The Balaban J connectivity index is 4.22. The van der Waals surface area contributed by atoms with Gasteiger partial charge in [0.1, 0.15) is 13.2 Å². The maximum absolute atomic E-state index is 12.9. The lowest BCUT2D eigenvalue weighted by Crippen LogP contribution is -2.30. The van der Waals surface area contributed by atoms with Crippen LogP contribution in [0.15, 0.2) is 109 Å². The molecule has 0 saturated carbocycles. The second-order valence-electron chi connectivity index (χ2n) is 23.4. The third-order valence-electron chi connectivity index (χ3n) is 15.3. The number of esters is 3. The molecule has 0 aromatic heterocycles. The molecule has 0 spiro atoms. The van der Waals surface area contributed by atoms with E-state index in [0.29, 0.717) is 19.3 Å². The van der Waals surface area contributed by atoms with Gasteiger partial charge in [0.05, 0.1) is 0 Å². The van der Waals surface area contributed by atoms with Crippen LogP contribution in [0.4, 0.5) is 0 Å². The number of allylic oxidation sites excluding steroid dienone is 18. The van der Waals surface area contributed by atoms with E-state index >= 15 is 0 Å². The van der Waals surface area contributed by atoms with Gasteiger partial charge in [-0.3, -0.25) is 14.4 Å². The van der Waals surface area contributed by atoms with E-state index in [1.807, 2.05) is 0 Å². The fraction of sp³-hybridized carbons (Fsp3) is 0.727. The number of hydrogen-bond donors (Lipinski definition) is 0. The van der Waals surface area contributed by atoms with Crippen molar-refractivity contribution < 1.29 is 28.6 Å². The molecule has 0 aliphatic rings. The quantitative estimate of drug-likeness (QED) is 0.0261. The molecule has 6 nitrogen and oxygen atoms in total. The molecule has 0 fully saturated rings. The number of carbonyl (C=O) groups excluding carboxylic acids is 3. The minimum Gasteiger partial charge on any atom is -0.462 e. The average molecular weight is 1150 g/mol. The van der Waals surface area contributed by atoms with Crippen molar-refractivity contribution in [1.82, 2.24) is 0 Å². The van der Waals surface area contributed by atoms with E-state index in [1.54, 1.807) is 0 Å². The Morgan fingerprint density at radius 2 is 0.470 bits per heavy atom. The third kappa shape index (κ3) is 68.7. The Hall–Kier alpha value is -3.93. The van der Waals surface area contributed by atoms with Crippen molar-refractivity contribution >= 4 is 17.9 Å². The summed E-state index contributed by atoms with van der Waals surface area (Å²) in [6.45, 7) is 6.54. The molecule has 0 aliphatic carbocycles. The first-order chi connectivity index (χ1) is 41.0. The highest BCUT2D eigenvalue weighted by molar-refractivity contribution is 5.71. The molecule has 1 atom stereocenters. The Labute approximate surface area is 514 Å². The van der Waals surface area contributed by atoms with E-state index in [0.717, 1.165) is 116 Å². The lowest BCUT2D eigenvalue weighted by molar-refractivity contribution is -0.167. The second kappa shape index (κ2) is 70.6. The van der Waals surface area contributed by atoms with E-state index in [4.69, 9.17) is 14.2 Å². The molecule has 0 aliphatic heterocycles. The Bertz CT molecular complexity index is 1660. The maximum atomic E-state index is 12.9. The summed E-state index contributed by atoms with van der Waals surface area (Å²) >= 11 is 0. The second-order valence-corrected chi connectivity index (χ2v) is 23.4. The number of rotatable bonds is 64. The van der Waals surface area contributed by atoms with E-state index in [2.05, 4.69) is 130 Å². The summed E-state index contributed by atoms with van der Waals surface area (Å²) in [4.78, 5) is 38.4. The van der Waals surface area contributed by atoms with Crippen molar-refractivity contribution in [3.8, 4) is 0 Å². The van der Waals surface area contributed by atoms with Gasteiger partial charge in [-0.05, 0) is 109 Å². The lowest BCUT2D eigenvalue weighted by Gasteiger charge is -2.18. The summed E-state index contributed by atoms with van der Waals surface area (Å²) in [7, 11) is 0. The van der Waals surface area contributed by atoms with Crippen molar-refractivity contribution in [3.63, 3.8) is 0 Å². The molecule has 0 N–H and O–H groups in total. The van der Waals surface area contributed by atoms with E-state index in [1.165, 1.54) is 186 Å². The van der Waals surface area contributed by atoms with Crippen molar-refractivity contribution in [2.75, 3.05) is 13.2 Å². The smallest absolute Gasteiger partial charge is 0.306 e. The molecule has 0 radical (unpaired) electrons. The van der Waals surface area contributed by atoms with E-state index < -0.39 is 6.10 Å². The average Bonchev–Trinajstić information content (AvgIpc) is 3.49. The van der Waals surface area contributed by atoms with Crippen LogP contribution in [0.5, 0.6) is 0 Å². The van der Waals surface area contributed by atoms with Crippen LogP contribution in [0, 0.1) is 0 Å². The summed E-state index contributed by atoms with van der Waals surface area (Å²) in [5.74, 6) is -0.876. The van der Waals surface area contributed by atoms with E-state index in [-0.39, 0.29) is 31.1 Å². The fourth-order valence-corrected chi connectivity index (χ4v) is 9.99. The molecule has 476 valence electrons. The highest BCUT2D eigenvalue weighted by Crippen LogP contribution is 2.17. The Morgan fingerprint density at radius 1 is 0.253 bits per heavy atom. The Morgan fingerprint density at radius 3 is 0.759 bits per heavy atom. The zero-order valence-electron chi connectivity index (χ0n) is 54.7. The van der Waals surface area contributed by atoms with Gasteiger partial charge < -0.3 is 14.2 Å². The minimum absolute atomic E-state index is 0.0793. The molecule has 0 aromatic rings. The Kier molecular flexibility index (Phi) is 67.2. The minimum atomic E-state index is -0.782. The van der Waals surface area contributed by atoms with Crippen molar-refractivity contribution in [2.45, 2.75) is 348 Å². The van der Waals surface area contributed by atoms with Crippen LogP contribution in [0.25, 0.3) is 0 Å². The third-order valence-corrected chi connectivity index (χ3v) is 15.3. The summed E-state index contributed by atoms with van der Waals surface area (Å²) in [6, 6.07) is 0. The molecule has 83 heavy (non-hydrogen) atoms. The van der Waals surface area contributed by atoms with E-state index in [9.17, 15) is 14.4 Å². The molecule has 1 unspecified atom stereocenters. The molecule has 0 aromatic carbocycles. The van der Waals surface area contributed by atoms with Crippen LogP contribution in [0.1, 0.15) is 342 Å². The zero-order chi connectivity index (χ0) is 59.9. The summed E-state index contributed by atoms with van der Waals surface area (Å²) < 4.78 is 17.0. The molecule has 6 heteroatoms. The number of hydrogen-bond acceptors (Lipinski definition) is 6. The van der Waals surface area contributed by atoms with Crippen LogP contribution in [-0.2, 0) is 28.6 Å². The fourth-order valence-electron chi connectivity index (χ4n) is 9.99. The van der Waals surface area contributed by atoms with Crippen molar-refractivity contribution in [2.24, 2.45) is 0 Å². The predicted octanol–water partition coefficient (Wildman–Crippen LogP) is 24.6. The number of ether oxygens (including phenoxy) is 3. The molecule has 0 amide bonds. The van der Waals surface area contributed by atoms with Crippen LogP contribution < -0.4 is 0 Å². The van der Waals surface area contributed by atoms with Crippen molar-refractivity contribution in [1.29, 1.82) is 0 Å². The molecule has 0 bridgehead atoms. The van der Waals surface area contributed by atoms with Gasteiger partial charge in [-0.2, -0.15) is 0 Å². The first-order valence-corrected chi connectivity index (χ1v) is 35.4. The van der Waals surface area contributed by atoms with Gasteiger partial charge in [-0.1, -0.05) is 323 Å². The van der Waals surface area contributed by atoms with Gasteiger partial charge >= 0.3 is 17.9 Å². The van der Waals surface area contributed by atoms with Gasteiger partial charge in [-0.25, -0.2) is 0 Å². The normalized spacial score (nSPS) is 12.8. The molecule has 0 rings (SSSR count). The highest BCUT2D eigenvalue weighted by atomic mass is 16.6. The standard InChI is InChI=1S/C77H132O6/c1-4-7-10-13-16-19-22-25-27-29-30-31-32-33-34-35-36-37-38-39-40-41-42-43-44-45-46-48-49-52-55-58-61-64-67-70-76(79)82-73-74(72-81-75(78)69-66-63-60-57-54-51-24-21-18-15-12-9-6-3)83-77(80)71-68-65-62-59-56-53-50-47-28-26-23-20-17-14-11-8-5-2/h7,10,16,19,21,24-25,27,30-31,33-34,36-37,39-40,42-43,74H,4-6,8-9,11-15,17-18,20,22-23,26,28-29,32,35,38,41,44-73H2,1-3H3/b10-7-,19-16-,24-21-,27-25-,31-30-,34-33-,37-36-,40-39-,43-42-. The predicted molar refractivity (Wildman–Crippen MR) is 362 cm³/mol. The summed E-state index contributed by atoms with van der Waals surface area (Å²) in [5.41, 5.74) is 0. The first-order valence-electron chi connectivity index (χ1n) is 35.4. The van der Waals surface area contributed by atoms with Gasteiger partial charge in [0.25, 0.3) is 0 Å². The van der Waals surface area contributed by atoms with Gasteiger partial charge in [0.2, 0.25) is 0 Å². The molecular weight excluding hydrogens is 1020 g/mol. The molecule has 0 heterocycles. The monoisotopic (exact) mass is 1150 g/mol. The zero-order valence-corrected chi connectivity index (χ0v) is 54.7. The largest absolute Gasteiger partial charge is 0.462 e. The lowest BCUT2D eigenvalue weighted by atomic mass is 10.0. The number of carbonyl (C=O) groups is 3. The first kappa shape index (κ1) is 79.1. The van der Waals surface area contributed by atoms with Gasteiger partial charge in [0.15, 0.2) is 6.10 Å². The van der Waals surface area contributed by atoms with Crippen molar-refractivity contribution in [3.05, 3.63) is 109 Å². The SMILES string of the molecule is CC/C=C\C/C=C\C/C=C\C/C=C\C/C=C\C/C=C\C/C=C\C/C=C\CCCCCCCCCCCCC(=O)OCC(COC(=O)CCCCCCC/C=C\CCCCCC)OC(=O)CCCCCCCCCCCCCCCCCCC. The van der Waals surface area contributed by atoms with Gasteiger partial charge in [0, 0.05) is 19.3 Å².